The third kappa shape index (κ3) is 4.93. The molecule has 0 aliphatic heterocycles. The summed E-state index contributed by atoms with van der Waals surface area (Å²) < 4.78 is 31.2. The van der Waals surface area contributed by atoms with Crippen molar-refractivity contribution in [1.82, 2.24) is 0 Å². The molecule has 1 aliphatic carbocycles. The second-order valence-electron chi connectivity index (χ2n) is 7.97. The summed E-state index contributed by atoms with van der Waals surface area (Å²) in [7, 11) is -2.40. The highest BCUT2D eigenvalue weighted by atomic mass is 32.2. The summed E-state index contributed by atoms with van der Waals surface area (Å²) in [6.07, 6.45) is 4.73. The Morgan fingerprint density at radius 2 is 1.74 bits per heavy atom. The van der Waals surface area contributed by atoms with Gasteiger partial charge in [0.2, 0.25) is 15.9 Å². The number of esters is 1. The van der Waals surface area contributed by atoms with Gasteiger partial charge in [-0.25, -0.2) is 13.2 Å². The van der Waals surface area contributed by atoms with Crippen LogP contribution in [0.5, 0.6) is 0 Å². The third-order valence-electron chi connectivity index (χ3n) is 5.39. The zero-order valence-corrected chi connectivity index (χ0v) is 20.1. The molecular weight excluding hydrogens is 436 g/mol. The number of ether oxygens (including phenoxy) is 1. The van der Waals surface area contributed by atoms with Crippen LogP contribution in [0.4, 0.5) is 10.7 Å². The number of hydrogen-bond acceptors (Lipinski definition) is 6. The van der Waals surface area contributed by atoms with E-state index in [4.69, 9.17) is 4.74 Å². The molecule has 1 aromatic heterocycles. The van der Waals surface area contributed by atoms with Gasteiger partial charge >= 0.3 is 5.97 Å². The van der Waals surface area contributed by atoms with Crippen LogP contribution in [0.1, 0.15) is 50.3 Å². The van der Waals surface area contributed by atoms with Crippen molar-refractivity contribution in [2.75, 3.05) is 29.5 Å². The number of thiophene rings is 1. The molecule has 1 amide bonds. The zero-order valence-electron chi connectivity index (χ0n) is 18.5. The number of amides is 1. The van der Waals surface area contributed by atoms with E-state index < -0.39 is 21.9 Å². The SMILES string of the molecule is COC(=O)c1c(NC(=O)CN(c2c(C)cc(C)cc2C)S(C)(=O)=O)sc2c1CCCC2. The standard InChI is InChI=1S/C22H28N2O5S2/c1-13-10-14(2)20(15(3)11-13)24(31(5,27)28)12-18(25)23-21-19(22(26)29-4)16-8-6-7-9-17(16)30-21/h10-11H,6-9,12H2,1-5H3,(H,23,25). The summed E-state index contributed by atoms with van der Waals surface area (Å²) in [5, 5.41) is 3.20. The first-order chi connectivity index (χ1) is 14.5. The quantitative estimate of drug-likeness (QED) is 0.658. The molecule has 7 nitrogen and oxygen atoms in total. The molecule has 0 saturated carbocycles. The highest BCUT2D eigenvalue weighted by Gasteiger charge is 2.29. The minimum absolute atomic E-state index is 0.382. The van der Waals surface area contributed by atoms with Crippen molar-refractivity contribution in [3.05, 3.63) is 44.8 Å². The number of methoxy groups -OCH3 is 1. The number of carbonyl (C=O) groups excluding carboxylic acids is 2. The van der Waals surface area contributed by atoms with Gasteiger partial charge in [0.15, 0.2) is 0 Å². The van der Waals surface area contributed by atoms with Gasteiger partial charge in [0.1, 0.15) is 11.5 Å². The van der Waals surface area contributed by atoms with Crippen molar-refractivity contribution in [3.63, 3.8) is 0 Å². The average molecular weight is 465 g/mol. The van der Waals surface area contributed by atoms with Crippen LogP contribution in [0, 0.1) is 20.8 Å². The number of aryl methyl sites for hydroxylation is 4. The molecular formula is C22H28N2O5S2. The van der Waals surface area contributed by atoms with E-state index >= 15 is 0 Å². The Kier molecular flexibility index (Phi) is 6.76. The first kappa shape index (κ1) is 23.3. The predicted octanol–water partition coefficient (Wildman–Crippen LogP) is 3.74. The monoisotopic (exact) mass is 464 g/mol. The predicted molar refractivity (Wildman–Crippen MR) is 124 cm³/mol. The Hall–Kier alpha value is -2.39. The van der Waals surface area contributed by atoms with Gasteiger partial charge in [0.25, 0.3) is 0 Å². The van der Waals surface area contributed by atoms with E-state index in [1.807, 2.05) is 32.9 Å². The molecule has 2 aromatic rings. The third-order valence-corrected chi connectivity index (χ3v) is 7.71. The number of nitrogens with one attached hydrogen (secondary N) is 1. The Bertz CT molecular complexity index is 1110. The number of fused-ring (bicyclic) bond motifs is 1. The molecule has 0 atom stereocenters. The lowest BCUT2D eigenvalue weighted by Crippen LogP contribution is -2.38. The van der Waals surface area contributed by atoms with Crippen LogP contribution in [0.3, 0.4) is 0 Å². The molecule has 168 valence electrons. The molecule has 1 heterocycles. The van der Waals surface area contributed by atoms with Crippen LogP contribution in [0.15, 0.2) is 12.1 Å². The molecule has 1 aromatic carbocycles. The fourth-order valence-corrected chi connectivity index (χ4v) is 6.46. The van der Waals surface area contributed by atoms with Gasteiger partial charge in [-0.3, -0.25) is 9.10 Å². The fraction of sp³-hybridized carbons (Fsp3) is 0.455. The van der Waals surface area contributed by atoms with Gasteiger partial charge in [0.05, 0.1) is 24.6 Å². The fourth-order valence-electron chi connectivity index (χ4n) is 4.20. The zero-order chi connectivity index (χ0) is 22.9. The van der Waals surface area contributed by atoms with Gasteiger partial charge in [-0.2, -0.15) is 0 Å². The van der Waals surface area contributed by atoms with Gasteiger partial charge in [-0.15, -0.1) is 11.3 Å². The van der Waals surface area contributed by atoms with Crippen LogP contribution in [0.2, 0.25) is 0 Å². The molecule has 0 bridgehead atoms. The van der Waals surface area contributed by atoms with Gasteiger partial charge < -0.3 is 10.1 Å². The molecule has 31 heavy (non-hydrogen) atoms. The second-order valence-corrected chi connectivity index (χ2v) is 11.0. The van der Waals surface area contributed by atoms with Crippen LogP contribution in [-0.2, 0) is 32.4 Å². The van der Waals surface area contributed by atoms with Crippen LogP contribution in [0.25, 0.3) is 0 Å². The topological polar surface area (TPSA) is 92.8 Å². The van der Waals surface area contributed by atoms with Gasteiger partial charge in [-0.05, 0) is 63.1 Å². The Morgan fingerprint density at radius 3 is 2.32 bits per heavy atom. The number of hydrogen-bond donors (Lipinski definition) is 1. The number of anilines is 2. The van der Waals surface area contributed by atoms with Crippen LogP contribution < -0.4 is 9.62 Å². The van der Waals surface area contributed by atoms with Crippen LogP contribution in [-0.4, -0.2) is 40.2 Å². The molecule has 0 saturated heterocycles. The summed E-state index contributed by atoms with van der Waals surface area (Å²) >= 11 is 1.37. The first-order valence-corrected chi connectivity index (χ1v) is 12.8. The van der Waals surface area contributed by atoms with Crippen molar-refractivity contribution in [2.24, 2.45) is 0 Å². The highest BCUT2D eigenvalue weighted by Crippen LogP contribution is 2.38. The number of rotatable bonds is 6. The normalized spacial score (nSPS) is 13.5. The summed E-state index contributed by atoms with van der Waals surface area (Å²) in [6, 6.07) is 3.78. The second kappa shape index (κ2) is 9.00. The summed E-state index contributed by atoms with van der Waals surface area (Å²) in [4.78, 5) is 26.4. The lowest BCUT2D eigenvalue weighted by Gasteiger charge is -2.26. The van der Waals surface area contributed by atoms with E-state index in [1.165, 1.54) is 18.4 Å². The summed E-state index contributed by atoms with van der Waals surface area (Å²) in [5.74, 6) is -0.992. The van der Waals surface area contributed by atoms with E-state index in [0.717, 1.165) is 63.4 Å². The van der Waals surface area contributed by atoms with Crippen molar-refractivity contribution < 1.29 is 22.7 Å². The van der Waals surface area contributed by atoms with E-state index in [9.17, 15) is 18.0 Å². The lowest BCUT2D eigenvalue weighted by atomic mass is 9.95. The van der Waals surface area contributed by atoms with E-state index in [2.05, 4.69) is 5.32 Å². The number of nitrogens with zero attached hydrogens (tertiary/aromatic N) is 1. The molecule has 0 radical (unpaired) electrons. The molecule has 1 aliphatic rings. The minimum Gasteiger partial charge on any atom is -0.465 e. The van der Waals surface area contributed by atoms with Crippen molar-refractivity contribution in [1.29, 1.82) is 0 Å². The Morgan fingerprint density at radius 1 is 1.13 bits per heavy atom. The first-order valence-electron chi connectivity index (χ1n) is 10.1. The van der Waals surface area contributed by atoms with Crippen molar-refractivity contribution in [3.8, 4) is 0 Å². The molecule has 0 spiro atoms. The molecule has 1 N–H and O–H groups in total. The van der Waals surface area contributed by atoms with Crippen LogP contribution >= 0.6 is 11.3 Å². The largest absolute Gasteiger partial charge is 0.465 e. The molecule has 3 rings (SSSR count). The Balaban J connectivity index is 1.93. The van der Waals surface area contributed by atoms with E-state index in [0.29, 0.717) is 16.3 Å². The van der Waals surface area contributed by atoms with E-state index in [-0.39, 0.29) is 6.54 Å². The minimum atomic E-state index is -3.71. The van der Waals surface area contributed by atoms with Crippen molar-refractivity contribution >= 4 is 43.9 Å². The molecule has 0 fully saturated rings. The number of carbonyl (C=O) groups is 2. The number of sulfonamides is 1. The maximum atomic E-state index is 12.9. The molecule has 9 heteroatoms. The van der Waals surface area contributed by atoms with Gasteiger partial charge in [-0.1, -0.05) is 17.7 Å². The smallest absolute Gasteiger partial charge is 0.341 e. The lowest BCUT2D eigenvalue weighted by molar-refractivity contribution is -0.114. The van der Waals surface area contributed by atoms with Crippen molar-refractivity contribution in [2.45, 2.75) is 46.5 Å². The van der Waals surface area contributed by atoms with Gasteiger partial charge in [0, 0.05) is 4.88 Å². The maximum absolute atomic E-state index is 12.9. The van der Waals surface area contributed by atoms with E-state index in [1.54, 1.807) is 0 Å². The summed E-state index contributed by atoms with van der Waals surface area (Å²) in [5.41, 5.74) is 4.40. The maximum Gasteiger partial charge on any atom is 0.341 e. The average Bonchev–Trinajstić information content (AvgIpc) is 3.02. The highest BCUT2D eigenvalue weighted by molar-refractivity contribution is 7.92. The summed E-state index contributed by atoms with van der Waals surface area (Å²) in [6.45, 7) is 5.21. The molecule has 0 unspecified atom stereocenters. The Labute approximate surface area is 187 Å². The number of benzene rings is 1.